The molecule has 0 aromatic carbocycles. The first-order valence-electron chi connectivity index (χ1n) is 6.76. The van der Waals surface area contributed by atoms with Crippen molar-refractivity contribution < 1.29 is 0 Å². The largest absolute Gasteiger partial charge is 0.365 e. The molecule has 1 aromatic heterocycles. The number of piperidine rings is 1. The number of halogens is 2. The highest BCUT2D eigenvalue weighted by Gasteiger charge is 2.21. The zero-order valence-corrected chi connectivity index (χ0v) is 12.9. The summed E-state index contributed by atoms with van der Waals surface area (Å²) in [6, 6.07) is 2.63. The van der Waals surface area contributed by atoms with E-state index in [1.54, 1.807) is 6.07 Å². The molecule has 106 valence electrons. The van der Waals surface area contributed by atoms with Crippen molar-refractivity contribution in [2.75, 3.05) is 18.0 Å². The molecular formula is C13H20Cl2N4. The maximum Gasteiger partial charge on any atom is 0.175 e. The molecule has 0 spiro atoms. The highest BCUT2D eigenvalue weighted by atomic mass is 35.5. The van der Waals surface area contributed by atoms with Gasteiger partial charge < -0.3 is 10.2 Å². The molecule has 1 fully saturated rings. The van der Waals surface area contributed by atoms with Gasteiger partial charge in [-0.2, -0.15) is 0 Å². The first kappa shape index (κ1) is 14.8. The van der Waals surface area contributed by atoms with Crippen LogP contribution in [-0.4, -0.2) is 35.4 Å². The monoisotopic (exact) mass is 302 g/mol. The second-order valence-corrected chi connectivity index (χ2v) is 5.98. The Kier molecular flexibility index (Phi) is 5.25. The van der Waals surface area contributed by atoms with Crippen molar-refractivity contribution in [1.82, 2.24) is 15.5 Å². The van der Waals surface area contributed by atoms with Crippen LogP contribution in [0, 0.1) is 0 Å². The Hall–Kier alpha value is -0.580. The minimum atomic E-state index is 0.335. The lowest BCUT2D eigenvalue weighted by Gasteiger charge is -2.35. The predicted octanol–water partition coefficient (Wildman–Crippen LogP) is 3.14. The van der Waals surface area contributed by atoms with Crippen LogP contribution >= 0.6 is 23.2 Å². The van der Waals surface area contributed by atoms with E-state index in [0.717, 1.165) is 18.8 Å². The van der Waals surface area contributed by atoms with Gasteiger partial charge in [-0.15, -0.1) is 10.2 Å². The summed E-state index contributed by atoms with van der Waals surface area (Å²) in [5, 5.41) is 12.0. The summed E-state index contributed by atoms with van der Waals surface area (Å²) in [7, 11) is 0. The van der Waals surface area contributed by atoms with Crippen LogP contribution in [0.25, 0.3) is 0 Å². The lowest BCUT2D eigenvalue weighted by molar-refractivity contribution is 0.393. The second kappa shape index (κ2) is 6.73. The normalized spacial score (nSPS) is 19.7. The van der Waals surface area contributed by atoms with Gasteiger partial charge in [0.15, 0.2) is 10.3 Å². The average Bonchev–Trinajstić information content (AvgIpc) is 2.40. The summed E-state index contributed by atoms with van der Waals surface area (Å²) >= 11 is 12.1. The number of nitrogens with one attached hydrogen (secondary N) is 1. The summed E-state index contributed by atoms with van der Waals surface area (Å²) in [6.45, 7) is 6.31. The van der Waals surface area contributed by atoms with Gasteiger partial charge in [0.25, 0.3) is 0 Å². The third-order valence-electron chi connectivity index (χ3n) is 3.46. The molecule has 2 heterocycles. The van der Waals surface area contributed by atoms with Gasteiger partial charge in [-0.1, -0.05) is 29.6 Å². The topological polar surface area (TPSA) is 41.0 Å². The highest BCUT2D eigenvalue weighted by molar-refractivity contribution is 6.33. The first-order chi connectivity index (χ1) is 9.08. The van der Waals surface area contributed by atoms with Gasteiger partial charge in [-0.05, 0) is 33.2 Å². The molecule has 1 atom stereocenters. The van der Waals surface area contributed by atoms with Crippen molar-refractivity contribution in [3.8, 4) is 0 Å². The fourth-order valence-electron chi connectivity index (χ4n) is 2.45. The van der Waals surface area contributed by atoms with Gasteiger partial charge >= 0.3 is 0 Å². The molecule has 0 aliphatic carbocycles. The summed E-state index contributed by atoms with van der Waals surface area (Å²) in [6.07, 6.45) is 3.75. The molecule has 0 saturated carbocycles. The van der Waals surface area contributed by atoms with Crippen LogP contribution in [0.3, 0.4) is 0 Å². The van der Waals surface area contributed by atoms with Crippen LogP contribution in [0.4, 0.5) is 5.69 Å². The van der Waals surface area contributed by atoms with Crippen LogP contribution in [0.2, 0.25) is 10.3 Å². The molecule has 1 N–H and O–H groups in total. The van der Waals surface area contributed by atoms with Crippen molar-refractivity contribution in [2.45, 2.75) is 45.2 Å². The SMILES string of the molecule is CC(C)N(CC1CCCCN1)c1cc(Cl)nnc1Cl. The van der Waals surface area contributed by atoms with E-state index < -0.39 is 0 Å². The number of hydrogen-bond acceptors (Lipinski definition) is 4. The number of anilines is 1. The van der Waals surface area contributed by atoms with Gasteiger partial charge in [0.2, 0.25) is 0 Å². The minimum Gasteiger partial charge on any atom is -0.365 e. The Bertz CT molecular complexity index is 419. The van der Waals surface area contributed by atoms with Crippen molar-refractivity contribution in [2.24, 2.45) is 0 Å². The first-order valence-corrected chi connectivity index (χ1v) is 7.52. The average molecular weight is 303 g/mol. The van der Waals surface area contributed by atoms with Crippen LogP contribution in [0.1, 0.15) is 33.1 Å². The molecule has 4 nitrogen and oxygen atoms in total. The van der Waals surface area contributed by atoms with Crippen LogP contribution < -0.4 is 10.2 Å². The third kappa shape index (κ3) is 3.94. The third-order valence-corrected chi connectivity index (χ3v) is 3.92. The highest BCUT2D eigenvalue weighted by Crippen LogP contribution is 2.27. The lowest BCUT2D eigenvalue weighted by atomic mass is 10.0. The molecule has 0 radical (unpaired) electrons. The number of hydrogen-bond donors (Lipinski definition) is 1. The Morgan fingerprint density at radius 3 is 2.79 bits per heavy atom. The van der Waals surface area contributed by atoms with E-state index in [0.29, 0.717) is 22.4 Å². The predicted molar refractivity (Wildman–Crippen MR) is 80.2 cm³/mol. The number of nitrogens with zero attached hydrogens (tertiary/aromatic N) is 3. The van der Waals surface area contributed by atoms with Gasteiger partial charge in [-0.3, -0.25) is 0 Å². The van der Waals surface area contributed by atoms with E-state index in [-0.39, 0.29) is 0 Å². The molecule has 1 aromatic rings. The van der Waals surface area contributed by atoms with Gasteiger partial charge in [0.05, 0.1) is 5.69 Å². The molecule has 0 bridgehead atoms. The van der Waals surface area contributed by atoms with E-state index in [9.17, 15) is 0 Å². The van der Waals surface area contributed by atoms with Crippen molar-refractivity contribution in [3.63, 3.8) is 0 Å². The molecule has 1 aliphatic rings. The molecule has 1 aliphatic heterocycles. The van der Waals surface area contributed by atoms with Crippen molar-refractivity contribution in [3.05, 3.63) is 16.4 Å². The van der Waals surface area contributed by atoms with Gasteiger partial charge in [0, 0.05) is 24.7 Å². The van der Waals surface area contributed by atoms with Crippen LogP contribution in [-0.2, 0) is 0 Å². The lowest BCUT2D eigenvalue weighted by Crippen LogP contribution is -2.46. The number of aromatic nitrogens is 2. The molecule has 2 rings (SSSR count). The molecule has 0 amide bonds. The Morgan fingerprint density at radius 2 is 2.16 bits per heavy atom. The molecule has 1 unspecified atom stereocenters. The zero-order valence-electron chi connectivity index (χ0n) is 11.4. The Balaban J connectivity index is 2.16. The summed E-state index contributed by atoms with van der Waals surface area (Å²) in [5.41, 5.74) is 0.865. The summed E-state index contributed by atoms with van der Waals surface area (Å²) in [4.78, 5) is 2.24. The van der Waals surface area contributed by atoms with Gasteiger partial charge in [-0.25, -0.2) is 0 Å². The van der Waals surface area contributed by atoms with E-state index in [2.05, 4.69) is 34.3 Å². The van der Waals surface area contributed by atoms with Crippen LogP contribution in [0.5, 0.6) is 0 Å². The van der Waals surface area contributed by atoms with E-state index >= 15 is 0 Å². The standard InChI is InChI=1S/C13H20Cl2N4/c1-9(2)19(8-10-5-3-4-6-16-10)11-7-12(14)17-18-13(11)15/h7,9-10,16H,3-6,8H2,1-2H3. The van der Waals surface area contributed by atoms with Crippen molar-refractivity contribution >= 4 is 28.9 Å². The van der Waals surface area contributed by atoms with Crippen molar-refractivity contribution in [1.29, 1.82) is 0 Å². The molecular weight excluding hydrogens is 283 g/mol. The maximum atomic E-state index is 6.16. The van der Waals surface area contributed by atoms with E-state index in [1.165, 1.54) is 19.3 Å². The molecule has 1 saturated heterocycles. The fourth-order valence-corrected chi connectivity index (χ4v) is 2.79. The summed E-state index contributed by atoms with van der Waals surface area (Å²) < 4.78 is 0. The minimum absolute atomic E-state index is 0.335. The molecule has 6 heteroatoms. The van der Waals surface area contributed by atoms with Gasteiger partial charge in [0.1, 0.15) is 0 Å². The summed E-state index contributed by atoms with van der Waals surface area (Å²) in [5.74, 6) is 0. The zero-order chi connectivity index (χ0) is 13.8. The fraction of sp³-hybridized carbons (Fsp3) is 0.692. The molecule has 19 heavy (non-hydrogen) atoms. The Morgan fingerprint density at radius 1 is 1.37 bits per heavy atom. The quantitative estimate of drug-likeness (QED) is 0.928. The maximum absolute atomic E-state index is 6.16. The smallest absolute Gasteiger partial charge is 0.175 e. The Labute approximate surface area is 124 Å². The van der Waals surface area contributed by atoms with E-state index in [1.807, 2.05) is 0 Å². The van der Waals surface area contributed by atoms with E-state index in [4.69, 9.17) is 23.2 Å². The second-order valence-electron chi connectivity index (χ2n) is 5.24. The number of rotatable bonds is 4. The van der Waals surface area contributed by atoms with Crippen LogP contribution in [0.15, 0.2) is 6.07 Å².